The highest BCUT2D eigenvalue weighted by molar-refractivity contribution is 7.09. The van der Waals surface area contributed by atoms with E-state index in [1.165, 1.54) is 19.3 Å². The molecule has 0 aromatic rings. The maximum atomic E-state index is 5.23. The van der Waals surface area contributed by atoms with Crippen molar-refractivity contribution >= 4 is 9.47 Å². The first-order valence-electron chi connectivity index (χ1n) is 4.55. The van der Waals surface area contributed by atoms with Gasteiger partial charge in [-0.05, 0) is 12.3 Å². The van der Waals surface area contributed by atoms with E-state index in [9.17, 15) is 0 Å². The molecule has 0 spiro atoms. The Kier molecular flexibility index (Phi) is 7.56. The van der Waals surface area contributed by atoms with Gasteiger partial charge in [0.25, 0.3) is 0 Å². The number of hydrogen-bond donors (Lipinski definition) is 0. The fourth-order valence-electron chi connectivity index (χ4n) is 1.21. The quantitative estimate of drug-likeness (QED) is 0.457. The van der Waals surface area contributed by atoms with Crippen LogP contribution >= 0.6 is 9.47 Å². The largest absolute Gasteiger partial charge is 0.361 e. The second-order valence-electron chi connectivity index (χ2n) is 3.20. The van der Waals surface area contributed by atoms with Crippen molar-refractivity contribution in [1.29, 1.82) is 0 Å². The number of hydrogen-bond acceptors (Lipinski definition) is 1. The van der Waals surface area contributed by atoms with Crippen LogP contribution in [0.2, 0.25) is 0 Å². The van der Waals surface area contributed by atoms with Crippen molar-refractivity contribution in [3.8, 4) is 12.3 Å². The molecule has 0 aliphatic rings. The summed E-state index contributed by atoms with van der Waals surface area (Å²) in [6.45, 7) is 4.40. The number of rotatable bonds is 6. The minimum absolute atomic E-state index is 0.214. The molecule has 0 saturated heterocycles. The van der Waals surface area contributed by atoms with Gasteiger partial charge in [-0.2, -0.15) is 0 Å². The van der Waals surface area contributed by atoms with E-state index in [4.69, 9.17) is 10.9 Å². The number of terminal acetylenes is 1. The van der Waals surface area contributed by atoms with Gasteiger partial charge in [0.05, 0.1) is 6.10 Å². The molecule has 70 valence electrons. The average Bonchev–Trinajstić information content (AvgIpc) is 2.10. The summed E-state index contributed by atoms with van der Waals surface area (Å²) < 4.78 is 5.22. The summed E-state index contributed by atoms with van der Waals surface area (Å²) in [5.41, 5.74) is 0. The van der Waals surface area contributed by atoms with Crippen molar-refractivity contribution in [2.75, 3.05) is 0 Å². The Hall–Kier alpha value is -0.0500. The molecular formula is C10H19OP. The van der Waals surface area contributed by atoms with Gasteiger partial charge in [-0.15, -0.1) is 12.3 Å². The van der Waals surface area contributed by atoms with E-state index < -0.39 is 0 Å². The summed E-state index contributed by atoms with van der Waals surface area (Å²) in [5.74, 6) is 3.21. The minimum Gasteiger partial charge on any atom is -0.361 e. The summed E-state index contributed by atoms with van der Waals surface area (Å²) >= 11 is 0. The van der Waals surface area contributed by atoms with E-state index in [0.717, 1.165) is 0 Å². The Morgan fingerprint density at radius 3 is 2.67 bits per heavy atom. The molecule has 2 heteroatoms. The molecule has 0 aromatic carbocycles. The Balaban J connectivity index is 3.70. The topological polar surface area (TPSA) is 9.23 Å². The maximum absolute atomic E-state index is 5.23. The zero-order chi connectivity index (χ0) is 9.40. The summed E-state index contributed by atoms with van der Waals surface area (Å²) in [6.07, 6.45) is 9.87. The lowest BCUT2D eigenvalue weighted by Crippen LogP contribution is -2.17. The van der Waals surface area contributed by atoms with E-state index in [1.807, 2.05) is 0 Å². The van der Waals surface area contributed by atoms with Crippen molar-refractivity contribution in [2.45, 2.75) is 45.6 Å². The Morgan fingerprint density at radius 2 is 2.25 bits per heavy atom. The molecule has 0 saturated carbocycles. The smallest absolute Gasteiger partial charge is 0.0745 e. The second-order valence-corrected chi connectivity index (χ2v) is 3.47. The molecule has 0 aliphatic carbocycles. The molecule has 0 heterocycles. The Morgan fingerprint density at radius 1 is 1.58 bits per heavy atom. The van der Waals surface area contributed by atoms with Crippen molar-refractivity contribution in [1.82, 2.24) is 0 Å². The van der Waals surface area contributed by atoms with Crippen LogP contribution in [0.15, 0.2) is 0 Å². The predicted octanol–water partition coefficient (Wildman–Crippen LogP) is 3.01. The van der Waals surface area contributed by atoms with E-state index in [-0.39, 0.29) is 6.10 Å². The third-order valence-electron chi connectivity index (χ3n) is 2.14. The maximum Gasteiger partial charge on any atom is 0.0745 e. The molecule has 0 amide bonds. The van der Waals surface area contributed by atoms with Gasteiger partial charge in [-0.25, -0.2) is 0 Å². The van der Waals surface area contributed by atoms with E-state index in [0.29, 0.717) is 12.3 Å². The lowest BCUT2D eigenvalue weighted by atomic mass is 9.96. The second kappa shape index (κ2) is 7.59. The third-order valence-corrected chi connectivity index (χ3v) is 2.49. The van der Waals surface area contributed by atoms with Gasteiger partial charge in [0.1, 0.15) is 0 Å². The first-order chi connectivity index (χ1) is 5.76. The van der Waals surface area contributed by atoms with Crippen LogP contribution in [0.1, 0.15) is 39.5 Å². The Bertz CT molecular complexity index is 139. The van der Waals surface area contributed by atoms with Gasteiger partial charge in [0.2, 0.25) is 0 Å². The van der Waals surface area contributed by atoms with Crippen LogP contribution in [0.4, 0.5) is 0 Å². The van der Waals surface area contributed by atoms with E-state index in [1.54, 1.807) is 0 Å². The van der Waals surface area contributed by atoms with Crippen LogP contribution in [-0.4, -0.2) is 6.10 Å². The van der Waals surface area contributed by atoms with Gasteiger partial charge in [0.15, 0.2) is 0 Å². The summed E-state index contributed by atoms with van der Waals surface area (Å²) in [6, 6.07) is 0. The first kappa shape index (κ1) is 11.9. The van der Waals surface area contributed by atoms with E-state index in [2.05, 4.69) is 29.2 Å². The van der Waals surface area contributed by atoms with Crippen molar-refractivity contribution < 1.29 is 4.52 Å². The summed E-state index contributed by atoms with van der Waals surface area (Å²) in [4.78, 5) is 0. The minimum atomic E-state index is 0.214. The van der Waals surface area contributed by atoms with Gasteiger partial charge < -0.3 is 4.52 Å². The molecule has 2 unspecified atom stereocenters. The molecule has 0 bridgehead atoms. The lowest BCUT2D eigenvalue weighted by Gasteiger charge is -2.19. The number of unbranched alkanes of at least 4 members (excludes halogenated alkanes) is 1. The van der Waals surface area contributed by atoms with Gasteiger partial charge in [0, 0.05) is 15.9 Å². The first-order valence-corrected chi connectivity index (χ1v) is 5.02. The van der Waals surface area contributed by atoms with Crippen LogP contribution in [0.25, 0.3) is 0 Å². The third kappa shape index (κ3) is 4.75. The van der Waals surface area contributed by atoms with Crippen molar-refractivity contribution in [3.63, 3.8) is 0 Å². The van der Waals surface area contributed by atoms with Gasteiger partial charge in [-0.1, -0.05) is 26.7 Å². The van der Waals surface area contributed by atoms with Crippen molar-refractivity contribution in [3.05, 3.63) is 0 Å². The summed E-state index contributed by atoms with van der Waals surface area (Å²) in [7, 11) is 2.31. The molecule has 3 atom stereocenters. The van der Waals surface area contributed by atoms with Crippen LogP contribution in [-0.2, 0) is 4.52 Å². The highest BCUT2D eigenvalue weighted by Crippen LogP contribution is 2.19. The molecule has 12 heavy (non-hydrogen) atoms. The average molecular weight is 186 g/mol. The molecular weight excluding hydrogens is 167 g/mol. The van der Waals surface area contributed by atoms with Crippen molar-refractivity contribution in [2.24, 2.45) is 5.92 Å². The van der Waals surface area contributed by atoms with Crippen LogP contribution in [0, 0.1) is 18.3 Å². The highest BCUT2D eigenvalue weighted by Gasteiger charge is 2.14. The van der Waals surface area contributed by atoms with Gasteiger partial charge >= 0.3 is 0 Å². The molecule has 0 N–H and O–H groups in total. The molecule has 0 rings (SSSR count). The van der Waals surface area contributed by atoms with Crippen LogP contribution in [0.5, 0.6) is 0 Å². The molecule has 0 aliphatic heterocycles. The monoisotopic (exact) mass is 186 g/mol. The van der Waals surface area contributed by atoms with E-state index >= 15 is 0 Å². The molecule has 0 aromatic heterocycles. The normalized spacial score (nSPS) is 15.2. The Labute approximate surface area is 78.6 Å². The fraction of sp³-hybridized carbons (Fsp3) is 0.800. The SMILES string of the molecule is C#CC[C@@H](OP)C(C)CCCC. The van der Waals surface area contributed by atoms with Crippen LogP contribution < -0.4 is 0 Å². The lowest BCUT2D eigenvalue weighted by molar-refractivity contribution is 0.167. The molecule has 0 fully saturated rings. The van der Waals surface area contributed by atoms with Crippen LogP contribution in [0.3, 0.4) is 0 Å². The predicted molar refractivity (Wildman–Crippen MR) is 56.7 cm³/mol. The standard InChI is InChI=1S/C10H19OP/c1-4-6-8-9(3)10(11-12)7-5-2/h2,9-10H,4,6-8,12H2,1,3H3/t9?,10-/m1/s1. The summed E-state index contributed by atoms with van der Waals surface area (Å²) in [5, 5.41) is 0. The molecule has 0 radical (unpaired) electrons. The zero-order valence-corrected chi connectivity index (χ0v) is 9.20. The van der Waals surface area contributed by atoms with Gasteiger partial charge in [-0.3, -0.25) is 0 Å². The molecule has 1 nitrogen and oxygen atoms in total. The zero-order valence-electron chi connectivity index (χ0n) is 8.05. The fourth-order valence-corrected chi connectivity index (χ4v) is 1.58. The highest BCUT2D eigenvalue weighted by atomic mass is 31.0.